The van der Waals surface area contributed by atoms with E-state index < -0.39 is 22.2 Å². The van der Waals surface area contributed by atoms with Crippen LogP contribution in [0, 0.1) is 21.7 Å². The molecule has 0 saturated heterocycles. The number of hydrogen-bond donors (Lipinski definition) is 1. The number of rotatable bonds is 4. The van der Waals surface area contributed by atoms with Crippen LogP contribution in [-0.4, -0.2) is 4.92 Å². The molecule has 7 heteroatoms. The molecule has 0 aliphatic rings. The zero-order valence-corrected chi connectivity index (χ0v) is 10.2. The first-order chi connectivity index (χ1) is 9.52. The normalized spacial score (nSPS) is 10.3. The Morgan fingerprint density at radius 3 is 2.60 bits per heavy atom. The molecule has 0 saturated carbocycles. The van der Waals surface area contributed by atoms with Gasteiger partial charge in [0, 0.05) is 24.2 Å². The maximum Gasteiger partial charge on any atom is 0.311 e. The summed E-state index contributed by atoms with van der Waals surface area (Å²) in [6.07, 6.45) is 0. The molecule has 2 aromatic rings. The zero-order chi connectivity index (χ0) is 14.7. The summed E-state index contributed by atoms with van der Waals surface area (Å²) in [6, 6.07) is 6.75. The Hall–Kier alpha value is -2.54. The van der Waals surface area contributed by atoms with E-state index in [1.165, 1.54) is 18.2 Å². The third kappa shape index (κ3) is 2.72. The minimum Gasteiger partial charge on any atom is -0.450 e. The SMILES string of the molecule is NCc1c(F)cccc1Oc1cc(F)ccc1[N+](=O)[O-]. The van der Waals surface area contributed by atoms with Crippen molar-refractivity contribution in [3.05, 3.63) is 63.7 Å². The van der Waals surface area contributed by atoms with Gasteiger partial charge in [0.25, 0.3) is 0 Å². The van der Waals surface area contributed by atoms with Crippen LogP contribution in [0.5, 0.6) is 11.5 Å². The molecule has 0 spiro atoms. The second kappa shape index (κ2) is 5.62. The number of nitrogens with zero attached hydrogens (tertiary/aromatic N) is 1. The lowest BCUT2D eigenvalue weighted by Gasteiger charge is -2.10. The molecule has 0 amide bonds. The maximum atomic E-state index is 13.5. The topological polar surface area (TPSA) is 78.4 Å². The molecule has 0 radical (unpaired) electrons. The Morgan fingerprint density at radius 1 is 1.20 bits per heavy atom. The van der Waals surface area contributed by atoms with Crippen molar-refractivity contribution < 1.29 is 18.4 Å². The van der Waals surface area contributed by atoms with E-state index in [4.69, 9.17) is 10.5 Å². The highest BCUT2D eigenvalue weighted by molar-refractivity contribution is 5.49. The first kappa shape index (κ1) is 13.9. The fourth-order valence-electron chi connectivity index (χ4n) is 1.67. The molecule has 2 rings (SSSR count). The van der Waals surface area contributed by atoms with Crippen molar-refractivity contribution in [3.8, 4) is 11.5 Å². The van der Waals surface area contributed by atoms with Gasteiger partial charge >= 0.3 is 5.69 Å². The van der Waals surface area contributed by atoms with E-state index in [-0.39, 0.29) is 23.6 Å². The van der Waals surface area contributed by atoms with Gasteiger partial charge in [-0.05, 0) is 18.2 Å². The number of benzene rings is 2. The highest BCUT2D eigenvalue weighted by Crippen LogP contribution is 2.34. The van der Waals surface area contributed by atoms with Crippen LogP contribution in [0.25, 0.3) is 0 Å². The molecule has 104 valence electrons. The molecule has 0 bridgehead atoms. The quantitative estimate of drug-likeness (QED) is 0.689. The van der Waals surface area contributed by atoms with Crippen LogP contribution in [0.2, 0.25) is 0 Å². The molecular formula is C13H10F2N2O3. The smallest absolute Gasteiger partial charge is 0.311 e. The lowest BCUT2D eigenvalue weighted by atomic mass is 10.2. The van der Waals surface area contributed by atoms with E-state index in [0.717, 1.165) is 18.2 Å². The molecule has 0 aliphatic carbocycles. The fraction of sp³-hybridized carbons (Fsp3) is 0.0769. The van der Waals surface area contributed by atoms with E-state index in [1.807, 2.05) is 0 Å². The Morgan fingerprint density at radius 2 is 1.95 bits per heavy atom. The highest BCUT2D eigenvalue weighted by atomic mass is 19.1. The number of nitrogens with two attached hydrogens (primary N) is 1. The summed E-state index contributed by atoms with van der Waals surface area (Å²) < 4.78 is 32.0. The zero-order valence-electron chi connectivity index (χ0n) is 10.2. The number of hydrogen-bond acceptors (Lipinski definition) is 4. The Bertz CT molecular complexity index is 662. The Labute approximate surface area is 112 Å². The number of nitro benzene ring substituents is 1. The highest BCUT2D eigenvalue weighted by Gasteiger charge is 2.18. The first-order valence-electron chi connectivity index (χ1n) is 5.62. The standard InChI is InChI=1S/C13H10F2N2O3/c14-8-4-5-11(17(18)19)13(6-8)20-12-3-1-2-10(15)9(12)7-16/h1-6H,7,16H2. The largest absolute Gasteiger partial charge is 0.450 e. The molecule has 20 heavy (non-hydrogen) atoms. The van der Waals surface area contributed by atoms with Crippen molar-refractivity contribution >= 4 is 5.69 Å². The molecule has 0 aromatic heterocycles. The summed E-state index contributed by atoms with van der Waals surface area (Å²) in [4.78, 5) is 10.1. The van der Waals surface area contributed by atoms with Crippen molar-refractivity contribution in [2.45, 2.75) is 6.54 Å². The summed E-state index contributed by atoms with van der Waals surface area (Å²) in [6.45, 7) is -0.148. The summed E-state index contributed by atoms with van der Waals surface area (Å²) in [5, 5.41) is 10.8. The molecule has 5 nitrogen and oxygen atoms in total. The maximum absolute atomic E-state index is 13.5. The van der Waals surface area contributed by atoms with Gasteiger partial charge < -0.3 is 10.5 Å². The molecular weight excluding hydrogens is 270 g/mol. The van der Waals surface area contributed by atoms with Crippen LogP contribution >= 0.6 is 0 Å². The van der Waals surface area contributed by atoms with Crippen LogP contribution in [0.1, 0.15) is 5.56 Å². The van der Waals surface area contributed by atoms with Gasteiger partial charge in [-0.2, -0.15) is 0 Å². The van der Waals surface area contributed by atoms with E-state index in [2.05, 4.69) is 0 Å². The van der Waals surface area contributed by atoms with Gasteiger partial charge in [0.05, 0.1) is 4.92 Å². The average molecular weight is 280 g/mol. The average Bonchev–Trinajstić information content (AvgIpc) is 2.38. The molecule has 0 heterocycles. The van der Waals surface area contributed by atoms with Gasteiger partial charge in [0.1, 0.15) is 17.4 Å². The van der Waals surface area contributed by atoms with Gasteiger partial charge in [-0.25, -0.2) is 8.78 Å². The third-order valence-electron chi connectivity index (χ3n) is 2.62. The predicted octanol–water partition coefficient (Wildman–Crippen LogP) is 3.12. The molecule has 0 fully saturated rings. The molecule has 2 N–H and O–H groups in total. The van der Waals surface area contributed by atoms with Crippen molar-refractivity contribution in [2.75, 3.05) is 0 Å². The Kier molecular flexibility index (Phi) is 3.90. The Balaban J connectivity index is 2.47. The van der Waals surface area contributed by atoms with Crippen LogP contribution in [0.15, 0.2) is 36.4 Å². The first-order valence-corrected chi connectivity index (χ1v) is 5.62. The lowest BCUT2D eigenvalue weighted by molar-refractivity contribution is -0.385. The van der Waals surface area contributed by atoms with E-state index in [9.17, 15) is 18.9 Å². The molecule has 0 atom stereocenters. The number of nitro groups is 1. The van der Waals surface area contributed by atoms with Crippen molar-refractivity contribution in [3.63, 3.8) is 0 Å². The third-order valence-corrected chi connectivity index (χ3v) is 2.62. The molecule has 0 unspecified atom stereocenters. The van der Waals surface area contributed by atoms with Gasteiger partial charge in [-0.15, -0.1) is 0 Å². The summed E-state index contributed by atoms with van der Waals surface area (Å²) in [7, 11) is 0. The van der Waals surface area contributed by atoms with Crippen molar-refractivity contribution in [2.24, 2.45) is 5.73 Å². The van der Waals surface area contributed by atoms with Crippen LogP contribution in [0.4, 0.5) is 14.5 Å². The minimum absolute atomic E-state index is 0.0150. The van der Waals surface area contributed by atoms with E-state index in [1.54, 1.807) is 0 Å². The van der Waals surface area contributed by atoms with Crippen molar-refractivity contribution in [1.29, 1.82) is 0 Å². The van der Waals surface area contributed by atoms with Gasteiger partial charge in [0.15, 0.2) is 0 Å². The van der Waals surface area contributed by atoms with Gasteiger partial charge in [0.2, 0.25) is 5.75 Å². The molecule has 0 aliphatic heterocycles. The van der Waals surface area contributed by atoms with Gasteiger partial charge in [-0.3, -0.25) is 10.1 Å². The van der Waals surface area contributed by atoms with Crippen LogP contribution in [-0.2, 0) is 6.54 Å². The predicted molar refractivity (Wildman–Crippen MR) is 67.4 cm³/mol. The summed E-state index contributed by atoms with van der Waals surface area (Å²) >= 11 is 0. The fourth-order valence-corrected chi connectivity index (χ4v) is 1.67. The summed E-state index contributed by atoms with van der Waals surface area (Å²) in [5.41, 5.74) is 5.05. The van der Waals surface area contributed by atoms with Crippen molar-refractivity contribution in [1.82, 2.24) is 0 Å². The second-order valence-corrected chi connectivity index (χ2v) is 3.89. The molecule has 2 aromatic carbocycles. The van der Waals surface area contributed by atoms with E-state index in [0.29, 0.717) is 0 Å². The lowest BCUT2D eigenvalue weighted by Crippen LogP contribution is -2.03. The number of halogens is 2. The summed E-state index contributed by atoms with van der Waals surface area (Å²) in [5.74, 6) is -1.59. The number of ether oxygens (including phenoxy) is 1. The van der Waals surface area contributed by atoms with Crippen LogP contribution < -0.4 is 10.5 Å². The minimum atomic E-state index is -0.712. The van der Waals surface area contributed by atoms with Crippen LogP contribution in [0.3, 0.4) is 0 Å². The monoisotopic (exact) mass is 280 g/mol. The van der Waals surface area contributed by atoms with E-state index >= 15 is 0 Å². The second-order valence-electron chi connectivity index (χ2n) is 3.89. The van der Waals surface area contributed by atoms with Gasteiger partial charge in [-0.1, -0.05) is 6.07 Å².